The summed E-state index contributed by atoms with van der Waals surface area (Å²) >= 11 is 0. The molecule has 1 saturated heterocycles. The number of hydrogen-bond donors (Lipinski definition) is 2. The maximum absolute atomic E-state index is 5.33. The molecule has 1 aliphatic rings. The van der Waals surface area contributed by atoms with Gasteiger partial charge in [-0.3, -0.25) is 5.43 Å². The third kappa shape index (κ3) is 3.65. The highest BCUT2D eigenvalue weighted by Gasteiger charge is 2.14. The second-order valence-electron chi connectivity index (χ2n) is 4.56. The van der Waals surface area contributed by atoms with E-state index in [-0.39, 0.29) is 6.01 Å². The smallest absolute Gasteiger partial charge is 0.322 e. The lowest BCUT2D eigenvalue weighted by molar-refractivity contribution is 0.345. The average molecular weight is 267 g/mol. The van der Waals surface area contributed by atoms with Gasteiger partial charge in [-0.25, -0.2) is 5.84 Å². The van der Waals surface area contributed by atoms with Crippen LogP contribution in [-0.4, -0.2) is 60.2 Å². The molecule has 1 aromatic rings. The highest BCUT2D eigenvalue weighted by Crippen LogP contribution is 2.13. The first-order valence-electron chi connectivity index (χ1n) is 6.43. The zero-order valence-electron chi connectivity index (χ0n) is 11.5. The highest BCUT2D eigenvalue weighted by atomic mass is 16.5. The number of rotatable bonds is 6. The molecule has 0 bridgehead atoms. The summed E-state index contributed by atoms with van der Waals surface area (Å²) in [5.41, 5.74) is 2.41. The largest absolute Gasteiger partial charge is 0.467 e. The Balaban J connectivity index is 1.98. The quantitative estimate of drug-likeness (QED) is 0.536. The van der Waals surface area contributed by atoms with Crippen LogP contribution < -0.4 is 20.9 Å². The fourth-order valence-electron chi connectivity index (χ4n) is 2.07. The molecule has 0 aliphatic carbocycles. The molecule has 0 atom stereocenters. The number of anilines is 2. The molecule has 1 aliphatic heterocycles. The van der Waals surface area contributed by atoms with Crippen molar-refractivity contribution in [2.24, 2.45) is 5.84 Å². The van der Waals surface area contributed by atoms with Gasteiger partial charge in [0.25, 0.3) is 0 Å². The van der Waals surface area contributed by atoms with E-state index in [1.54, 1.807) is 0 Å². The maximum Gasteiger partial charge on any atom is 0.322 e. The van der Waals surface area contributed by atoms with Crippen LogP contribution in [0.3, 0.4) is 0 Å². The molecule has 2 heterocycles. The van der Waals surface area contributed by atoms with Crippen molar-refractivity contribution in [3.8, 4) is 6.01 Å². The molecule has 1 aromatic heterocycles. The number of hydrazine groups is 1. The van der Waals surface area contributed by atoms with Gasteiger partial charge in [0.15, 0.2) is 0 Å². The normalized spacial score (nSPS) is 15.5. The van der Waals surface area contributed by atoms with E-state index in [0.717, 1.165) is 13.1 Å². The van der Waals surface area contributed by atoms with E-state index >= 15 is 0 Å². The molecule has 106 valence electrons. The fraction of sp³-hybridized carbons (Fsp3) is 0.727. The topological polar surface area (TPSA) is 92.4 Å². The predicted octanol–water partition coefficient (Wildman–Crippen LogP) is -0.302. The van der Waals surface area contributed by atoms with Crippen molar-refractivity contribution >= 4 is 11.9 Å². The average Bonchev–Trinajstić information content (AvgIpc) is 2.97. The van der Waals surface area contributed by atoms with Gasteiger partial charge in [0, 0.05) is 20.1 Å². The molecular formula is C11H21N7O. The molecule has 0 aromatic carbocycles. The number of nitrogens with two attached hydrogens (primary N) is 1. The van der Waals surface area contributed by atoms with E-state index in [0.29, 0.717) is 11.9 Å². The Kier molecular flexibility index (Phi) is 4.69. The van der Waals surface area contributed by atoms with Crippen LogP contribution in [0.5, 0.6) is 6.01 Å². The van der Waals surface area contributed by atoms with Gasteiger partial charge in [0.2, 0.25) is 11.9 Å². The van der Waals surface area contributed by atoms with Gasteiger partial charge in [-0.05, 0) is 25.9 Å². The van der Waals surface area contributed by atoms with Crippen molar-refractivity contribution in [2.45, 2.75) is 12.8 Å². The molecule has 19 heavy (non-hydrogen) atoms. The number of ether oxygens (including phenoxy) is 1. The Morgan fingerprint density at radius 2 is 2.05 bits per heavy atom. The number of likely N-dealkylation sites (N-methyl/N-ethyl adjacent to an activating group) is 1. The van der Waals surface area contributed by atoms with Gasteiger partial charge in [-0.15, -0.1) is 0 Å². The van der Waals surface area contributed by atoms with Crippen molar-refractivity contribution < 1.29 is 4.74 Å². The van der Waals surface area contributed by atoms with Crippen molar-refractivity contribution in [1.29, 1.82) is 0 Å². The van der Waals surface area contributed by atoms with Crippen LogP contribution in [-0.2, 0) is 0 Å². The third-order valence-corrected chi connectivity index (χ3v) is 3.21. The molecule has 0 radical (unpaired) electrons. The summed E-state index contributed by atoms with van der Waals surface area (Å²) < 4.78 is 5.03. The Labute approximate surface area is 112 Å². The summed E-state index contributed by atoms with van der Waals surface area (Å²) in [6.07, 6.45) is 2.59. The zero-order valence-corrected chi connectivity index (χ0v) is 11.5. The number of aromatic nitrogens is 3. The number of nitrogen functional groups attached to an aromatic ring is 1. The minimum atomic E-state index is 0.256. The summed E-state index contributed by atoms with van der Waals surface area (Å²) in [7, 11) is 3.47. The van der Waals surface area contributed by atoms with Crippen LogP contribution in [0.4, 0.5) is 11.9 Å². The second kappa shape index (κ2) is 6.48. The summed E-state index contributed by atoms with van der Waals surface area (Å²) in [5.74, 6) is 6.19. The first-order valence-corrected chi connectivity index (χ1v) is 6.43. The SMILES string of the molecule is COc1nc(NN)nc(N(C)CCN2CCCC2)n1. The van der Waals surface area contributed by atoms with Gasteiger partial charge >= 0.3 is 6.01 Å². The molecule has 0 saturated carbocycles. The van der Waals surface area contributed by atoms with Crippen molar-refractivity contribution in [3.63, 3.8) is 0 Å². The summed E-state index contributed by atoms with van der Waals surface area (Å²) in [5, 5.41) is 0. The van der Waals surface area contributed by atoms with Gasteiger partial charge in [-0.1, -0.05) is 0 Å². The first kappa shape index (κ1) is 13.8. The van der Waals surface area contributed by atoms with Gasteiger partial charge in [0.1, 0.15) is 0 Å². The maximum atomic E-state index is 5.33. The second-order valence-corrected chi connectivity index (χ2v) is 4.56. The zero-order chi connectivity index (χ0) is 13.7. The van der Waals surface area contributed by atoms with Gasteiger partial charge in [-0.2, -0.15) is 15.0 Å². The fourth-order valence-corrected chi connectivity index (χ4v) is 2.07. The number of nitrogens with one attached hydrogen (secondary N) is 1. The van der Waals surface area contributed by atoms with E-state index in [1.165, 1.54) is 33.0 Å². The van der Waals surface area contributed by atoms with E-state index in [2.05, 4.69) is 25.3 Å². The monoisotopic (exact) mass is 267 g/mol. The van der Waals surface area contributed by atoms with Crippen LogP contribution in [0.15, 0.2) is 0 Å². The minimum Gasteiger partial charge on any atom is -0.467 e. The molecule has 2 rings (SSSR count). The van der Waals surface area contributed by atoms with Crippen LogP contribution >= 0.6 is 0 Å². The lowest BCUT2D eigenvalue weighted by atomic mass is 10.4. The van der Waals surface area contributed by atoms with E-state index in [4.69, 9.17) is 10.6 Å². The van der Waals surface area contributed by atoms with Crippen LogP contribution in [0.2, 0.25) is 0 Å². The predicted molar refractivity (Wildman–Crippen MR) is 73.1 cm³/mol. The van der Waals surface area contributed by atoms with Crippen LogP contribution in [0.1, 0.15) is 12.8 Å². The molecule has 0 amide bonds. The Morgan fingerprint density at radius 1 is 1.32 bits per heavy atom. The Bertz CT molecular complexity index is 386. The first-order chi connectivity index (χ1) is 9.22. The lowest BCUT2D eigenvalue weighted by Crippen LogP contribution is -2.32. The summed E-state index contributed by atoms with van der Waals surface area (Å²) in [4.78, 5) is 16.8. The van der Waals surface area contributed by atoms with Gasteiger partial charge < -0.3 is 14.5 Å². The molecule has 0 unspecified atom stereocenters. The molecule has 1 fully saturated rings. The van der Waals surface area contributed by atoms with Crippen LogP contribution in [0.25, 0.3) is 0 Å². The Hall–Kier alpha value is -1.67. The lowest BCUT2D eigenvalue weighted by Gasteiger charge is -2.21. The number of nitrogens with zero attached hydrogens (tertiary/aromatic N) is 5. The standard InChI is InChI=1S/C11H21N7O/c1-17(7-8-18-5-3-4-6-18)10-13-9(16-12)14-11(15-10)19-2/h3-8,12H2,1-2H3,(H,13,14,15,16). The molecule has 8 nitrogen and oxygen atoms in total. The third-order valence-electron chi connectivity index (χ3n) is 3.21. The number of hydrogen-bond acceptors (Lipinski definition) is 8. The Morgan fingerprint density at radius 3 is 2.68 bits per heavy atom. The van der Waals surface area contributed by atoms with E-state index < -0.39 is 0 Å². The van der Waals surface area contributed by atoms with Crippen molar-refractivity contribution in [2.75, 3.05) is 50.7 Å². The molecular weight excluding hydrogens is 246 g/mol. The van der Waals surface area contributed by atoms with E-state index in [1.807, 2.05) is 11.9 Å². The van der Waals surface area contributed by atoms with Gasteiger partial charge in [0.05, 0.1) is 7.11 Å². The minimum absolute atomic E-state index is 0.256. The van der Waals surface area contributed by atoms with Crippen LogP contribution in [0, 0.1) is 0 Å². The molecule has 8 heteroatoms. The number of methoxy groups -OCH3 is 1. The summed E-state index contributed by atoms with van der Waals surface area (Å²) in [6, 6.07) is 0.256. The van der Waals surface area contributed by atoms with Crippen molar-refractivity contribution in [3.05, 3.63) is 0 Å². The summed E-state index contributed by atoms with van der Waals surface area (Å²) in [6.45, 7) is 4.24. The van der Waals surface area contributed by atoms with E-state index in [9.17, 15) is 0 Å². The molecule has 3 N–H and O–H groups in total. The highest BCUT2D eigenvalue weighted by molar-refractivity contribution is 5.36. The number of likely N-dealkylation sites (tertiary alicyclic amines) is 1. The van der Waals surface area contributed by atoms with Crippen molar-refractivity contribution in [1.82, 2.24) is 19.9 Å². The molecule has 0 spiro atoms.